The summed E-state index contributed by atoms with van der Waals surface area (Å²) in [6.07, 6.45) is 0.652. The minimum Gasteiger partial charge on any atom is -0.339 e. The van der Waals surface area contributed by atoms with Crippen LogP contribution in [0.2, 0.25) is 0 Å². The van der Waals surface area contributed by atoms with Crippen molar-refractivity contribution in [2.45, 2.75) is 18.2 Å². The predicted molar refractivity (Wildman–Crippen MR) is 99.1 cm³/mol. The van der Waals surface area contributed by atoms with Crippen molar-refractivity contribution in [2.75, 3.05) is 0 Å². The molecule has 0 fully saturated rings. The Morgan fingerprint density at radius 2 is 1.82 bits per heavy atom. The second-order valence-corrected chi connectivity index (χ2v) is 7.43. The van der Waals surface area contributed by atoms with Crippen molar-refractivity contribution in [3.8, 4) is 33.9 Å². The van der Waals surface area contributed by atoms with Gasteiger partial charge in [-0.2, -0.15) is 10.2 Å². The Hall–Kier alpha value is -3.44. The number of hydrogen-bond acceptors (Lipinski definition) is 8. The molecule has 0 aliphatic heterocycles. The van der Waals surface area contributed by atoms with E-state index in [1.54, 1.807) is 12.1 Å². The number of nitrogens with two attached hydrogens (primary N) is 1. The molecule has 2 aromatic carbocycles. The number of nitrogens with zero attached hydrogens (tertiary/aromatic N) is 5. The minimum absolute atomic E-state index is 0.0822. The molecular weight excluding hydrogens is 382 g/mol. The van der Waals surface area contributed by atoms with Crippen LogP contribution in [0.15, 0.2) is 51.9 Å². The third-order valence-electron chi connectivity index (χ3n) is 4.13. The molecule has 0 atom stereocenters. The van der Waals surface area contributed by atoms with Crippen molar-refractivity contribution in [1.82, 2.24) is 30.8 Å². The fraction of sp³-hybridized carbons (Fsp3) is 0.118. The Labute approximate surface area is 159 Å². The van der Waals surface area contributed by atoms with Gasteiger partial charge in [0.15, 0.2) is 0 Å². The molecule has 0 saturated carbocycles. The summed E-state index contributed by atoms with van der Waals surface area (Å²) in [5.74, 6) is 1.17. The number of hydrogen-bond donors (Lipinski definition) is 2. The molecule has 0 unspecified atom stereocenters. The van der Waals surface area contributed by atoms with E-state index < -0.39 is 10.0 Å². The first kappa shape index (κ1) is 17.9. The monoisotopic (exact) mass is 397 g/mol. The van der Waals surface area contributed by atoms with E-state index in [4.69, 9.17) is 9.66 Å². The molecule has 0 aliphatic carbocycles. The molecule has 0 saturated heterocycles. The molecule has 4 rings (SSSR count). The first-order chi connectivity index (χ1) is 13.5. The Kier molecular flexibility index (Phi) is 4.45. The van der Waals surface area contributed by atoms with Crippen LogP contribution in [0.25, 0.3) is 33.9 Å². The van der Waals surface area contributed by atoms with E-state index in [1.807, 2.05) is 31.2 Å². The lowest BCUT2D eigenvalue weighted by Crippen LogP contribution is -2.14. The fourth-order valence-electron chi connectivity index (χ4n) is 2.82. The summed E-state index contributed by atoms with van der Waals surface area (Å²) < 4.78 is 29.3. The van der Waals surface area contributed by atoms with E-state index >= 15 is 0 Å². The quantitative estimate of drug-likeness (QED) is 0.517. The maximum atomic E-state index is 12.1. The number of nitrogens with one attached hydrogen (secondary N) is 1. The minimum atomic E-state index is -4.00. The summed E-state index contributed by atoms with van der Waals surface area (Å²) in [4.78, 5) is 4.22. The molecule has 0 radical (unpaired) electrons. The summed E-state index contributed by atoms with van der Waals surface area (Å²) >= 11 is 0. The average Bonchev–Trinajstić information content (AvgIpc) is 3.39. The van der Waals surface area contributed by atoms with Crippen LogP contribution >= 0.6 is 0 Å². The zero-order valence-electron chi connectivity index (χ0n) is 14.7. The molecule has 10 nitrogen and oxygen atoms in total. The van der Waals surface area contributed by atoms with Gasteiger partial charge in [-0.25, -0.2) is 13.6 Å². The molecule has 4 aromatic rings. The van der Waals surface area contributed by atoms with Crippen molar-refractivity contribution < 1.29 is 12.9 Å². The number of aromatic nitrogens is 6. The van der Waals surface area contributed by atoms with Gasteiger partial charge in [-0.1, -0.05) is 48.5 Å². The van der Waals surface area contributed by atoms with E-state index in [1.165, 1.54) is 6.07 Å². The van der Waals surface area contributed by atoms with Crippen molar-refractivity contribution in [1.29, 1.82) is 0 Å². The zero-order valence-corrected chi connectivity index (χ0v) is 15.5. The second kappa shape index (κ2) is 6.94. The van der Waals surface area contributed by atoms with Gasteiger partial charge in [0.2, 0.25) is 27.6 Å². The highest BCUT2D eigenvalue weighted by Crippen LogP contribution is 2.35. The highest BCUT2D eigenvalue weighted by Gasteiger charge is 2.22. The molecule has 0 bridgehead atoms. The van der Waals surface area contributed by atoms with Gasteiger partial charge in [0.1, 0.15) is 0 Å². The number of primary sulfonamides is 1. The maximum absolute atomic E-state index is 12.1. The predicted octanol–water partition coefficient (Wildman–Crippen LogP) is 1.79. The lowest BCUT2D eigenvalue weighted by atomic mass is 9.98. The van der Waals surface area contributed by atoms with Crippen LogP contribution in [0, 0.1) is 0 Å². The molecule has 28 heavy (non-hydrogen) atoms. The molecule has 3 N–H and O–H groups in total. The average molecular weight is 397 g/mol. The first-order valence-corrected chi connectivity index (χ1v) is 9.85. The number of sulfonamides is 1. The number of aromatic amines is 1. The third-order valence-corrected chi connectivity index (χ3v) is 5.08. The van der Waals surface area contributed by atoms with Gasteiger partial charge in [-0.3, -0.25) is 0 Å². The lowest BCUT2D eigenvalue weighted by molar-refractivity contribution is 0.383. The summed E-state index contributed by atoms with van der Waals surface area (Å²) in [6, 6.07) is 12.1. The van der Waals surface area contributed by atoms with Gasteiger partial charge < -0.3 is 4.52 Å². The number of aryl methyl sites for hydroxylation is 1. The Bertz CT molecular complexity index is 1220. The highest BCUT2D eigenvalue weighted by atomic mass is 32.2. The van der Waals surface area contributed by atoms with Crippen LogP contribution in [0.5, 0.6) is 0 Å². The number of rotatable bonds is 5. The fourth-order valence-corrected chi connectivity index (χ4v) is 3.58. The smallest absolute Gasteiger partial charge is 0.238 e. The summed E-state index contributed by atoms with van der Waals surface area (Å²) in [7, 11) is -4.00. The molecule has 2 heterocycles. The zero-order chi connectivity index (χ0) is 19.7. The van der Waals surface area contributed by atoms with Gasteiger partial charge in [0.25, 0.3) is 0 Å². The molecule has 0 amide bonds. The van der Waals surface area contributed by atoms with Gasteiger partial charge in [0.05, 0.1) is 10.5 Å². The topological polar surface area (TPSA) is 154 Å². The standard InChI is InChI=1S/C17H15N7O3S/c1-2-14-19-16(22-27-14)11-8-6-10(7-9-11)12-4-3-5-13(28(18,25)26)15(12)17-20-23-24-21-17/h3-9H,2H2,1H3,(H2,18,25,26)(H,20,21,23,24). The van der Waals surface area contributed by atoms with E-state index in [-0.39, 0.29) is 16.3 Å². The van der Waals surface area contributed by atoms with Gasteiger partial charge in [-0.05, 0) is 22.4 Å². The third kappa shape index (κ3) is 3.28. The molecule has 0 aliphatic rings. The van der Waals surface area contributed by atoms with Crippen LogP contribution in [-0.4, -0.2) is 39.2 Å². The van der Waals surface area contributed by atoms with Crippen LogP contribution in [0.3, 0.4) is 0 Å². The Balaban J connectivity index is 1.83. The normalized spacial score (nSPS) is 11.6. The largest absolute Gasteiger partial charge is 0.339 e. The van der Waals surface area contributed by atoms with E-state index in [9.17, 15) is 8.42 Å². The van der Waals surface area contributed by atoms with Crippen LogP contribution in [0.4, 0.5) is 0 Å². The summed E-state index contributed by atoms with van der Waals surface area (Å²) in [6.45, 7) is 1.93. The van der Waals surface area contributed by atoms with Gasteiger partial charge in [0, 0.05) is 12.0 Å². The lowest BCUT2D eigenvalue weighted by Gasteiger charge is -2.11. The second-order valence-electron chi connectivity index (χ2n) is 5.90. The number of benzene rings is 2. The molecule has 0 spiro atoms. The van der Waals surface area contributed by atoms with Gasteiger partial charge >= 0.3 is 0 Å². The highest BCUT2D eigenvalue weighted by molar-refractivity contribution is 7.89. The molecule has 11 heteroatoms. The van der Waals surface area contributed by atoms with Crippen LogP contribution < -0.4 is 5.14 Å². The van der Waals surface area contributed by atoms with E-state index in [0.717, 1.165) is 11.1 Å². The molecular formula is C17H15N7O3S. The maximum Gasteiger partial charge on any atom is 0.238 e. The SMILES string of the molecule is CCc1nc(-c2ccc(-c3cccc(S(N)(=O)=O)c3-c3nn[nH]n3)cc2)no1. The Morgan fingerprint density at radius 1 is 1.07 bits per heavy atom. The van der Waals surface area contributed by atoms with Crippen molar-refractivity contribution in [2.24, 2.45) is 5.14 Å². The van der Waals surface area contributed by atoms with Crippen LogP contribution in [0.1, 0.15) is 12.8 Å². The van der Waals surface area contributed by atoms with E-state index in [0.29, 0.717) is 23.7 Å². The van der Waals surface area contributed by atoms with Crippen molar-refractivity contribution >= 4 is 10.0 Å². The first-order valence-electron chi connectivity index (χ1n) is 8.30. The van der Waals surface area contributed by atoms with E-state index in [2.05, 4.69) is 30.8 Å². The Morgan fingerprint density at radius 3 is 2.43 bits per heavy atom. The van der Waals surface area contributed by atoms with Crippen molar-refractivity contribution in [3.63, 3.8) is 0 Å². The van der Waals surface area contributed by atoms with Gasteiger partial charge in [-0.15, -0.1) is 10.2 Å². The van der Waals surface area contributed by atoms with Crippen LogP contribution in [-0.2, 0) is 16.4 Å². The molecule has 142 valence electrons. The summed E-state index contributed by atoms with van der Waals surface area (Å²) in [5, 5.41) is 23.0. The van der Waals surface area contributed by atoms with Crippen molar-refractivity contribution in [3.05, 3.63) is 48.4 Å². The molecule has 2 aromatic heterocycles. The summed E-state index contributed by atoms with van der Waals surface area (Å²) in [5.41, 5.74) is 2.39. The number of tetrazole rings is 1. The number of H-pyrrole nitrogens is 1.